The van der Waals surface area contributed by atoms with Crippen molar-refractivity contribution in [1.82, 2.24) is 4.90 Å². The fraction of sp³-hybridized carbons (Fsp3) is 0.889. The zero-order valence-electron chi connectivity index (χ0n) is 8.36. The van der Waals surface area contributed by atoms with Gasteiger partial charge >= 0.3 is 0 Å². The maximum absolute atomic E-state index is 9.40. The minimum Gasteiger partial charge on any atom is -0.389 e. The van der Waals surface area contributed by atoms with Crippen LogP contribution in [0.15, 0.2) is 0 Å². The maximum atomic E-state index is 9.40. The van der Waals surface area contributed by atoms with Crippen molar-refractivity contribution in [3.63, 3.8) is 0 Å². The fourth-order valence-corrected chi connectivity index (χ4v) is 0.999. The maximum Gasteiger partial charge on any atom is 0.0900 e. The standard InChI is InChI=1S/C9H18N2O2/c1-3-13-8-9(12)7-11(2)6-4-5-10/h9,12H,3-4,6-8H2,1-2H3. The van der Waals surface area contributed by atoms with E-state index in [1.165, 1.54) is 0 Å². The van der Waals surface area contributed by atoms with Gasteiger partial charge in [-0.3, -0.25) is 0 Å². The molecule has 0 spiro atoms. The second-order valence-electron chi connectivity index (χ2n) is 2.98. The van der Waals surface area contributed by atoms with E-state index in [4.69, 9.17) is 10.00 Å². The Bertz CT molecular complexity index is 156. The van der Waals surface area contributed by atoms with Crippen molar-refractivity contribution in [1.29, 1.82) is 5.26 Å². The topological polar surface area (TPSA) is 56.5 Å². The predicted octanol–water partition coefficient (Wildman–Crippen LogP) is 0.229. The molecule has 0 aliphatic heterocycles. The molecule has 76 valence electrons. The number of aliphatic hydroxyl groups is 1. The van der Waals surface area contributed by atoms with Crippen LogP contribution in [0.4, 0.5) is 0 Å². The summed E-state index contributed by atoms with van der Waals surface area (Å²) in [6, 6.07) is 2.06. The van der Waals surface area contributed by atoms with E-state index >= 15 is 0 Å². The largest absolute Gasteiger partial charge is 0.389 e. The molecule has 0 fully saturated rings. The number of aliphatic hydroxyl groups excluding tert-OH is 1. The summed E-state index contributed by atoms with van der Waals surface area (Å²) in [6.07, 6.45) is 0.0429. The monoisotopic (exact) mass is 186 g/mol. The van der Waals surface area contributed by atoms with Crippen LogP contribution in [0.3, 0.4) is 0 Å². The van der Waals surface area contributed by atoms with Gasteiger partial charge in [-0.25, -0.2) is 0 Å². The molecule has 0 amide bonds. The fourth-order valence-electron chi connectivity index (χ4n) is 0.999. The van der Waals surface area contributed by atoms with Crippen molar-refractivity contribution in [3.05, 3.63) is 0 Å². The molecule has 13 heavy (non-hydrogen) atoms. The summed E-state index contributed by atoms with van der Waals surface area (Å²) in [6.45, 7) is 4.14. The lowest BCUT2D eigenvalue weighted by molar-refractivity contribution is 0.0259. The van der Waals surface area contributed by atoms with E-state index in [9.17, 15) is 5.11 Å². The number of nitriles is 1. The van der Waals surface area contributed by atoms with E-state index < -0.39 is 6.10 Å². The third kappa shape index (κ3) is 7.72. The smallest absolute Gasteiger partial charge is 0.0900 e. The van der Waals surface area contributed by atoms with Gasteiger partial charge in [0.1, 0.15) is 0 Å². The molecular formula is C9H18N2O2. The first-order chi connectivity index (χ1) is 6.20. The van der Waals surface area contributed by atoms with E-state index in [0.717, 1.165) is 0 Å². The number of hydrogen-bond acceptors (Lipinski definition) is 4. The number of likely N-dealkylation sites (N-methyl/N-ethyl adjacent to an activating group) is 1. The molecule has 0 aromatic carbocycles. The number of rotatable bonds is 7. The van der Waals surface area contributed by atoms with Crippen LogP contribution in [0.25, 0.3) is 0 Å². The minimum absolute atomic E-state index is 0.368. The summed E-state index contributed by atoms with van der Waals surface area (Å²) >= 11 is 0. The van der Waals surface area contributed by atoms with Gasteiger partial charge in [-0.2, -0.15) is 5.26 Å². The summed E-state index contributed by atoms with van der Waals surface area (Å²) in [5.74, 6) is 0. The van der Waals surface area contributed by atoms with Crippen LogP contribution in [0, 0.1) is 11.3 Å². The van der Waals surface area contributed by atoms with E-state index in [1.807, 2.05) is 18.9 Å². The number of nitrogens with zero attached hydrogens (tertiary/aromatic N) is 2. The third-order valence-electron chi connectivity index (χ3n) is 1.64. The van der Waals surface area contributed by atoms with Crippen molar-refractivity contribution in [2.75, 3.05) is 33.4 Å². The van der Waals surface area contributed by atoms with Crippen molar-refractivity contribution >= 4 is 0 Å². The molecule has 0 saturated carbocycles. The van der Waals surface area contributed by atoms with Crippen molar-refractivity contribution in [2.45, 2.75) is 19.4 Å². The first-order valence-electron chi connectivity index (χ1n) is 4.52. The first kappa shape index (κ1) is 12.4. The second-order valence-corrected chi connectivity index (χ2v) is 2.98. The van der Waals surface area contributed by atoms with E-state index in [2.05, 4.69) is 6.07 Å². The summed E-state index contributed by atoms with van der Waals surface area (Å²) in [4.78, 5) is 1.92. The lowest BCUT2D eigenvalue weighted by Crippen LogP contribution is -2.32. The molecular weight excluding hydrogens is 168 g/mol. The van der Waals surface area contributed by atoms with Crippen LogP contribution in [0.2, 0.25) is 0 Å². The molecule has 4 nitrogen and oxygen atoms in total. The van der Waals surface area contributed by atoms with Crippen LogP contribution in [0.5, 0.6) is 0 Å². The first-order valence-corrected chi connectivity index (χ1v) is 4.52. The van der Waals surface area contributed by atoms with Gasteiger partial charge < -0.3 is 14.7 Å². The molecule has 0 aromatic rings. The van der Waals surface area contributed by atoms with Gasteiger partial charge in [-0.05, 0) is 14.0 Å². The summed E-state index contributed by atoms with van der Waals surface area (Å²) < 4.78 is 5.06. The van der Waals surface area contributed by atoms with Gasteiger partial charge in [0.05, 0.1) is 18.8 Å². The van der Waals surface area contributed by atoms with Gasteiger partial charge in [0.25, 0.3) is 0 Å². The van der Waals surface area contributed by atoms with Gasteiger partial charge in [-0.15, -0.1) is 0 Å². The lowest BCUT2D eigenvalue weighted by atomic mass is 10.3. The zero-order chi connectivity index (χ0) is 10.1. The van der Waals surface area contributed by atoms with E-state index in [0.29, 0.717) is 32.7 Å². The SMILES string of the molecule is CCOCC(O)CN(C)CCC#N. The minimum atomic E-state index is -0.455. The van der Waals surface area contributed by atoms with E-state index in [-0.39, 0.29) is 0 Å². The highest BCUT2D eigenvalue weighted by atomic mass is 16.5. The quantitative estimate of drug-likeness (QED) is 0.618. The summed E-state index contributed by atoms with van der Waals surface area (Å²) in [7, 11) is 1.88. The van der Waals surface area contributed by atoms with Crippen molar-refractivity contribution in [3.8, 4) is 6.07 Å². The summed E-state index contributed by atoms with van der Waals surface area (Å²) in [5.41, 5.74) is 0. The number of hydrogen-bond donors (Lipinski definition) is 1. The number of ether oxygens (including phenoxy) is 1. The molecule has 1 unspecified atom stereocenters. The zero-order valence-corrected chi connectivity index (χ0v) is 8.36. The van der Waals surface area contributed by atoms with Crippen LogP contribution in [0.1, 0.15) is 13.3 Å². The molecule has 0 aromatic heterocycles. The highest BCUT2D eigenvalue weighted by Gasteiger charge is 2.07. The third-order valence-corrected chi connectivity index (χ3v) is 1.64. The highest BCUT2D eigenvalue weighted by molar-refractivity contribution is 4.72. The molecule has 0 bridgehead atoms. The van der Waals surface area contributed by atoms with Gasteiger partial charge in [0, 0.05) is 26.1 Å². The van der Waals surface area contributed by atoms with Crippen LogP contribution < -0.4 is 0 Å². The van der Waals surface area contributed by atoms with Crippen LogP contribution in [-0.4, -0.2) is 49.5 Å². The highest BCUT2D eigenvalue weighted by Crippen LogP contribution is 1.92. The van der Waals surface area contributed by atoms with Crippen LogP contribution >= 0.6 is 0 Å². The molecule has 0 aliphatic carbocycles. The Labute approximate surface area is 79.7 Å². The Hall–Kier alpha value is -0.630. The second kappa shape index (κ2) is 7.99. The normalized spacial score (nSPS) is 12.8. The Balaban J connectivity index is 3.42. The molecule has 0 rings (SSSR count). The van der Waals surface area contributed by atoms with Crippen LogP contribution in [-0.2, 0) is 4.74 Å². The molecule has 0 aliphatic rings. The van der Waals surface area contributed by atoms with Gasteiger partial charge in [0.2, 0.25) is 0 Å². The summed E-state index contributed by atoms with van der Waals surface area (Å²) in [5, 5.41) is 17.7. The Kier molecular flexibility index (Phi) is 7.60. The Morgan fingerprint density at radius 1 is 1.62 bits per heavy atom. The van der Waals surface area contributed by atoms with E-state index in [1.54, 1.807) is 0 Å². The van der Waals surface area contributed by atoms with Crippen molar-refractivity contribution in [2.24, 2.45) is 0 Å². The average Bonchev–Trinajstić information content (AvgIpc) is 2.11. The molecule has 0 radical (unpaired) electrons. The molecule has 4 heteroatoms. The molecule has 1 N–H and O–H groups in total. The molecule has 1 atom stereocenters. The molecule has 0 heterocycles. The Morgan fingerprint density at radius 3 is 2.85 bits per heavy atom. The Morgan fingerprint density at radius 2 is 2.31 bits per heavy atom. The predicted molar refractivity (Wildman–Crippen MR) is 50.2 cm³/mol. The average molecular weight is 186 g/mol. The van der Waals surface area contributed by atoms with Gasteiger partial charge in [-0.1, -0.05) is 0 Å². The lowest BCUT2D eigenvalue weighted by Gasteiger charge is -2.18. The molecule has 0 saturated heterocycles. The van der Waals surface area contributed by atoms with Crippen molar-refractivity contribution < 1.29 is 9.84 Å². The van der Waals surface area contributed by atoms with Gasteiger partial charge in [0.15, 0.2) is 0 Å².